The SMILES string of the molecule is CC1OC(C)C(c2nc(C(C)N3CCNCC3)no2)C1C. The highest BCUT2D eigenvalue weighted by atomic mass is 16.5. The fourth-order valence-electron chi connectivity index (χ4n) is 3.48. The monoisotopic (exact) mass is 294 g/mol. The maximum absolute atomic E-state index is 5.88. The van der Waals surface area contributed by atoms with Crippen LogP contribution in [0.5, 0.6) is 0 Å². The highest BCUT2D eigenvalue weighted by molar-refractivity contribution is 5.05. The Morgan fingerprint density at radius 3 is 2.52 bits per heavy atom. The Morgan fingerprint density at radius 2 is 1.90 bits per heavy atom. The average molecular weight is 294 g/mol. The number of ether oxygens (including phenoxy) is 1. The molecule has 0 aromatic carbocycles. The lowest BCUT2D eigenvalue weighted by Gasteiger charge is -2.30. The number of hydrogen-bond acceptors (Lipinski definition) is 6. The zero-order valence-electron chi connectivity index (χ0n) is 13.4. The van der Waals surface area contributed by atoms with Crippen molar-refractivity contribution in [1.29, 1.82) is 0 Å². The molecule has 0 saturated carbocycles. The lowest BCUT2D eigenvalue weighted by molar-refractivity contribution is 0.0542. The molecule has 6 heteroatoms. The molecule has 0 radical (unpaired) electrons. The van der Waals surface area contributed by atoms with Gasteiger partial charge in [0.1, 0.15) is 0 Å². The lowest BCUT2D eigenvalue weighted by atomic mass is 9.89. The molecular formula is C15H26N4O2. The normalized spacial score (nSPS) is 36.0. The Balaban J connectivity index is 1.73. The third-order valence-electron chi connectivity index (χ3n) is 5.06. The standard InChI is InChI=1S/C15H26N4O2/c1-9-11(3)20-12(4)13(9)15-17-14(18-21-15)10(2)19-7-5-16-6-8-19/h9-13,16H,5-8H2,1-4H3. The molecule has 118 valence electrons. The molecular weight excluding hydrogens is 268 g/mol. The van der Waals surface area contributed by atoms with Gasteiger partial charge in [0, 0.05) is 26.2 Å². The van der Waals surface area contributed by atoms with E-state index in [1.165, 1.54) is 0 Å². The Kier molecular flexibility index (Phi) is 4.28. The Hall–Kier alpha value is -0.980. The summed E-state index contributed by atoms with van der Waals surface area (Å²) < 4.78 is 11.4. The number of hydrogen-bond donors (Lipinski definition) is 1. The van der Waals surface area contributed by atoms with E-state index in [9.17, 15) is 0 Å². The van der Waals surface area contributed by atoms with Crippen molar-refractivity contribution in [2.75, 3.05) is 26.2 Å². The summed E-state index contributed by atoms with van der Waals surface area (Å²) in [6, 6.07) is 0.204. The van der Waals surface area contributed by atoms with Crippen LogP contribution in [0.1, 0.15) is 51.4 Å². The van der Waals surface area contributed by atoms with Crippen molar-refractivity contribution < 1.29 is 9.26 Å². The zero-order chi connectivity index (χ0) is 15.0. The molecule has 0 aliphatic carbocycles. The van der Waals surface area contributed by atoms with Gasteiger partial charge in [-0.3, -0.25) is 4.90 Å². The van der Waals surface area contributed by atoms with Gasteiger partial charge in [0.05, 0.1) is 24.2 Å². The Bertz CT molecular complexity index is 472. The van der Waals surface area contributed by atoms with E-state index in [0.29, 0.717) is 5.92 Å². The van der Waals surface area contributed by atoms with Crippen molar-refractivity contribution in [3.8, 4) is 0 Å². The van der Waals surface area contributed by atoms with Crippen LogP contribution in [0.4, 0.5) is 0 Å². The van der Waals surface area contributed by atoms with E-state index in [1.807, 2.05) is 0 Å². The number of rotatable bonds is 3. The summed E-state index contributed by atoms with van der Waals surface area (Å²) in [4.78, 5) is 7.08. The molecule has 2 saturated heterocycles. The molecule has 0 spiro atoms. The molecule has 5 atom stereocenters. The highest BCUT2D eigenvalue weighted by Gasteiger charge is 2.41. The van der Waals surface area contributed by atoms with E-state index < -0.39 is 0 Å². The van der Waals surface area contributed by atoms with Gasteiger partial charge in [0.15, 0.2) is 5.82 Å². The first kappa shape index (κ1) is 14.9. The van der Waals surface area contributed by atoms with E-state index >= 15 is 0 Å². The predicted octanol–water partition coefficient (Wildman–Crippen LogP) is 1.56. The van der Waals surface area contributed by atoms with Gasteiger partial charge in [-0.25, -0.2) is 0 Å². The molecule has 3 rings (SSSR count). The minimum absolute atomic E-state index is 0.137. The predicted molar refractivity (Wildman–Crippen MR) is 79.1 cm³/mol. The average Bonchev–Trinajstić information content (AvgIpc) is 3.05. The van der Waals surface area contributed by atoms with Crippen molar-refractivity contribution >= 4 is 0 Å². The summed E-state index contributed by atoms with van der Waals surface area (Å²) >= 11 is 0. The summed E-state index contributed by atoms with van der Waals surface area (Å²) in [5.74, 6) is 2.14. The minimum atomic E-state index is 0.137. The van der Waals surface area contributed by atoms with Crippen LogP contribution in [0.2, 0.25) is 0 Å². The van der Waals surface area contributed by atoms with E-state index in [2.05, 4.69) is 48.1 Å². The minimum Gasteiger partial charge on any atom is -0.374 e. The number of piperazine rings is 1. The smallest absolute Gasteiger partial charge is 0.232 e. The first-order chi connectivity index (χ1) is 10.1. The van der Waals surface area contributed by atoms with E-state index in [0.717, 1.165) is 37.9 Å². The van der Waals surface area contributed by atoms with Crippen molar-refractivity contribution in [2.24, 2.45) is 5.92 Å². The van der Waals surface area contributed by atoms with Crippen LogP contribution in [-0.4, -0.2) is 53.4 Å². The molecule has 2 aliphatic rings. The van der Waals surface area contributed by atoms with E-state index in [4.69, 9.17) is 9.26 Å². The molecule has 6 nitrogen and oxygen atoms in total. The van der Waals surface area contributed by atoms with Gasteiger partial charge in [-0.15, -0.1) is 0 Å². The molecule has 0 bridgehead atoms. The Morgan fingerprint density at radius 1 is 1.19 bits per heavy atom. The van der Waals surface area contributed by atoms with Gasteiger partial charge in [-0.1, -0.05) is 12.1 Å². The second-order valence-corrected chi connectivity index (χ2v) is 6.38. The molecule has 1 aromatic heterocycles. The summed E-state index contributed by atoms with van der Waals surface area (Å²) in [5, 5.41) is 7.59. The van der Waals surface area contributed by atoms with Crippen LogP contribution in [0, 0.1) is 5.92 Å². The molecule has 2 fully saturated rings. The molecule has 21 heavy (non-hydrogen) atoms. The van der Waals surface area contributed by atoms with Gasteiger partial charge >= 0.3 is 0 Å². The second kappa shape index (κ2) is 6.02. The largest absolute Gasteiger partial charge is 0.374 e. The van der Waals surface area contributed by atoms with Gasteiger partial charge in [-0.05, 0) is 26.7 Å². The van der Waals surface area contributed by atoms with Crippen LogP contribution in [0.25, 0.3) is 0 Å². The van der Waals surface area contributed by atoms with Crippen LogP contribution in [-0.2, 0) is 4.74 Å². The van der Waals surface area contributed by atoms with Crippen LogP contribution >= 0.6 is 0 Å². The second-order valence-electron chi connectivity index (χ2n) is 6.38. The lowest BCUT2D eigenvalue weighted by Crippen LogP contribution is -2.44. The van der Waals surface area contributed by atoms with Gasteiger partial charge in [0.2, 0.25) is 5.89 Å². The number of aromatic nitrogens is 2. The summed E-state index contributed by atoms with van der Waals surface area (Å²) in [5.41, 5.74) is 0. The van der Waals surface area contributed by atoms with Gasteiger partial charge in [0.25, 0.3) is 0 Å². The topological polar surface area (TPSA) is 63.4 Å². The van der Waals surface area contributed by atoms with Gasteiger partial charge in [-0.2, -0.15) is 4.98 Å². The molecule has 2 aliphatic heterocycles. The summed E-state index contributed by atoms with van der Waals surface area (Å²) in [6.07, 6.45) is 0.378. The van der Waals surface area contributed by atoms with Crippen molar-refractivity contribution in [2.45, 2.75) is 51.9 Å². The maximum Gasteiger partial charge on any atom is 0.232 e. The molecule has 5 unspecified atom stereocenters. The highest BCUT2D eigenvalue weighted by Crippen LogP contribution is 2.39. The number of nitrogens with zero attached hydrogens (tertiary/aromatic N) is 3. The summed E-state index contributed by atoms with van der Waals surface area (Å²) in [7, 11) is 0. The third kappa shape index (κ3) is 2.84. The van der Waals surface area contributed by atoms with Gasteiger partial charge < -0.3 is 14.6 Å². The van der Waals surface area contributed by atoms with Crippen LogP contribution in [0.3, 0.4) is 0 Å². The number of nitrogens with one attached hydrogen (secondary N) is 1. The molecule has 1 N–H and O–H groups in total. The van der Waals surface area contributed by atoms with Crippen LogP contribution < -0.4 is 5.32 Å². The molecule has 0 amide bonds. The Labute approximate surface area is 126 Å². The zero-order valence-corrected chi connectivity index (χ0v) is 13.4. The van der Waals surface area contributed by atoms with Crippen molar-refractivity contribution in [3.63, 3.8) is 0 Å². The summed E-state index contributed by atoms with van der Waals surface area (Å²) in [6.45, 7) is 12.7. The third-order valence-corrected chi connectivity index (χ3v) is 5.06. The first-order valence-electron chi connectivity index (χ1n) is 8.01. The molecule has 1 aromatic rings. The first-order valence-corrected chi connectivity index (χ1v) is 8.01. The molecule has 3 heterocycles. The van der Waals surface area contributed by atoms with Crippen molar-refractivity contribution in [3.05, 3.63) is 11.7 Å². The fourth-order valence-corrected chi connectivity index (χ4v) is 3.48. The quantitative estimate of drug-likeness (QED) is 0.913. The van der Waals surface area contributed by atoms with E-state index in [-0.39, 0.29) is 24.2 Å². The van der Waals surface area contributed by atoms with Crippen molar-refractivity contribution in [1.82, 2.24) is 20.4 Å². The van der Waals surface area contributed by atoms with Crippen LogP contribution in [0.15, 0.2) is 4.52 Å². The fraction of sp³-hybridized carbons (Fsp3) is 0.867. The maximum atomic E-state index is 5.88. The van der Waals surface area contributed by atoms with E-state index in [1.54, 1.807) is 0 Å².